The van der Waals surface area contributed by atoms with Crippen LogP contribution in [0.1, 0.15) is 48.4 Å². The van der Waals surface area contributed by atoms with Gasteiger partial charge in [0.15, 0.2) is 11.5 Å². The molecule has 5 rings (SSSR count). The number of nitrogens with one attached hydrogen (secondary N) is 2. The van der Waals surface area contributed by atoms with Crippen molar-refractivity contribution in [2.45, 2.75) is 13.8 Å². The summed E-state index contributed by atoms with van der Waals surface area (Å²) in [5.41, 5.74) is 5.44. The Morgan fingerprint density at radius 1 is 0.884 bits per heavy atom. The summed E-state index contributed by atoms with van der Waals surface area (Å²) in [7, 11) is 0. The number of carbonyl (C=O) groups is 3. The van der Waals surface area contributed by atoms with Crippen molar-refractivity contribution in [1.82, 2.24) is 5.43 Å². The van der Waals surface area contributed by atoms with Crippen molar-refractivity contribution >= 4 is 62.7 Å². The van der Waals surface area contributed by atoms with E-state index in [4.69, 9.17) is 21.1 Å². The number of benzene rings is 4. The summed E-state index contributed by atoms with van der Waals surface area (Å²) in [6.07, 6.45) is 1.45. The minimum atomic E-state index is -0.496. The highest BCUT2D eigenvalue weighted by molar-refractivity contribution is 7.21. The number of hydrogen-bond acceptors (Lipinski definition) is 7. The van der Waals surface area contributed by atoms with Crippen molar-refractivity contribution in [3.8, 4) is 11.5 Å². The summed E-state index contributed by atoms with van der Waals surface area (Å²) in [6, 6.07) is 26.0. The lowest BCUT2D eigenvalue weighted by atomic mass is 10.1. The van der Waals surface area contributed by atoms with Gasteiger partial charge < -0.3 is 14.8 Å². The van der Waals surface area contributed by atoms with E-state index in [1.807, 2.05) is 50.2 Å². The van der Waals surface area contributed by atoms with Gasteiger partial charge in [-0.2, -0.15) is 5.10 Å². The smallest absolute Gasteiger partial charge is 0.343 e. The Kier molecular flexibility index (Phi) is 9.14. The van der Waals surface area contributed by atoms with E-state index in [0.29, 0.717) is 44.6 Å². The average Bonchev–Trinajstić information content (AvgIpc) is 3.35. The quantitative estimate of drug-likeness (QED) is 0.0777. The number of amides is 2. The van der Waals surface area contributed by atoms with Gasteiger partial charge in [0.2, 0.25) is 0 Å². The highest BCUT2D eigenvalue weighted by Gasteiger charge is 2.17. The first kappa shape index (κ1) is 29.5. The van der Waals surface area contributed by atoms with Gasteiger partial charge in [0, 0.05) is 21.3 Å². The van der Waals surface area contributed by atoms with E-state index in [2.05, 4.69) is 15.8 Å². The van der Waals surface area contributed by atoms with Crippen LogP contribution in [-0.2, 0) is 0 Å². The van der Waals surface area contributed by atoms with Crippen molar-refractivity contribution in [3.05, 3.63) is 123 Å². The molecule has 5 aromatic rings. The first-order valence-electron chi connectivity index (χ1n) is 13.3. The molecule has 0 saturated carbocycles. The van der Waals surface area contributed by atoms with Crippen molar-refractivity contribution in [3.63, 3.8) is 0 Å². The number of hydrogen-bond donors (Lipinski definition) is 2. The van der Waals surface area contributed by atoms with Crippen molar-refractivity contribution < 1.29 is 23.9 Å². The van der Waals surface area contributed by atoms with Crippen LogP contribution >= 0.6 is 22.9 Å². The summed E-state index contributed by atoms with van der Waals surface area (Å²) in [4.78, 5) is 38.4. The molecule has 0 fully saturated rings. The van der Waals surface area contributed by atoms with Crippen molar-refractivity contribution in [2.75, 3.05) is 11.9 Å². The zero-order chi connectivity index (χ0) is 30.3. The van der Waals surface area contributed by atoms with E-state index in [1.165, 1.54) is 17.6 Å². The van der Waals surface area contributed by atoms with Crippen LogP contribution < -0.4 is 20.2 Å². The van der Waals surface area contributed by atoms with Crippen LogP contribution in [0.25, 0.3) is 10.1 Å². The Balaban J connectivity index is 1.19. The predicted molar refractivity (Wildman–Crippen MR) is 170 cm³/mol. The average molecular weight is 612 g/mol. The number of anilines is 1. The molecule has 8 nitrogen and oxygen atoms in total. The molecule has 2 amide bonds. The van der Waals surface area contributed by atoms with E-state index in [9.17, 15) is 14.4 Å². The minimum absolute atomic E-state index is 0.274. The third-order valence-electron chi connectivity index (χ3n) is 6.28. The van der Waals surface area contributed by atoms with Gasteiger partial charge in [-0.15, -0.1) is 11.3 Å². The molecule has 10 heteroatoms. The maximum atomic E-state index is 12.8. The summed E-state index contributed by atoms with van der Waals surface area (Å²) in [5, 5.41) is 8.10. The van der Waals surface area contributed by atoms with E-state index < -0.39 is 11.9 Å². The molecule has 0 bridgehead atoms. The molecular weight excluding hydrogens is 586 g/mol. The van der Waals surface area contributed by atoms with Crippen LogP contribution in [0.4, 0.5) is 5.69 Å². The second-order valence-corrected chi connectivity index (χ2v) is 10.8. The normalized spacial score (nSPS) is 11.0. The Hall–Kier alpha value is -4.99. The number of nitrogens with zero attached hydrogens (tertiary/aromatic N) is 1. The number of carbonyl (C=O) groups excluding carboxylic acids is 3. The molecular formula is C33H26ClN3O5S. The number of esters is 1. The topological polar surface area (TPSA) is 106 Å². The number of ether oxygens (including phenoxy) is 2. The standard InChI is InChI=1S/C33H26ClN3O5S/c1-3-41-27-18-21(10-17-26(27)42-33(40)23-11-8-20(2)9-12-23)19-35-37-31(38)22-13-15-24(16-14-22)36-32(39)30-29(34)25-6-4-5-7-28(25)43-30/h4-19H,3H2,1-2H3,(H,36,39)(H,37,38)/b35-19-. The lowest BCUT2D eigenvalue weighted by Crippen LogP contribution is -2.17. The van der Waals surface area contributed by atoms with Gasteiger partial charge in [0.1, 0.15) is 4.88 Å². The third-order valence-corrected chi connectivity index (χ3v) is 7.96. The molecule has 0 aliphatic heterocycles. The van der Waals surface area contributed by atoms with Crippen molar-refractivity contribution in [2.24, 2.45) is 5.10 Å². The summed E-state index contributed by atoms with van der Waals surface area (Å²) in [5.74, 6) is -0.613. The number of halogens is 1. The van der Waals surface area contributed by atoms with Crippen LogP contribution in [0.3, 0.4) is 0 Å². The van der Waals surface area contributed by atoms with Crippen LogP contribution in [0.15, 0.2) is 96.1 Å². The molecule has 4 aromatic carbocycles. The molecule has 2 N–H and O–H groups in total. The van der Waals surface area contributed by atoms with Crippen molar-refractivity contribution in [1.29, 1.82) is 0 Å². The number of fused-ring (bicyclic) bond motifs is 1. The first-order valence-corrected chi connectivity index (χ1v) is 14.5. The van der Waals surface area contributed by atoms with Gasteiger partial charge in [0.25, 0.3) is 11.8 Å². The number of thiophene rings is 1. The van der Waals surface area contributed by atoms with Gasteiger partial charge in [-0.05, 0) is 80.1 Å². The van der Waals surface area contributed by atoms with E-state index in [0.717, 1.165) is 15.6 Å². The molecule has 1 aromatic heterocycles. The van der Waals surface area contributed by atoms with Crippen LogP contribution in [0.5, 0.6) is 11.5 Å². The molecule has 0 radical (unpaired) electrons. The van der Waals surface area contributed by atoms with Crippen LogP contribution in [-0.4, -0.2) is 30.6 Å². The van der Waals surface area contributed by atoms with E-state index in [-0.39, 0.29) is 11.7 Å². The molecule has 1 heterocycles. The SMILES string of the molecule is CCOc1cc(/C=N\NC(=O)c2ccc(NC(=O)c3sc4ccccc4c3Cl)cc2)ccc1OC(=O)c1ccc(C)cc1. The monoisotopic (exact) mass is 611 g/mol. The van der Waals surface area contributed by atoms with Gasteiger partial charge >= 0.3 is 5.97 Å². The fourth-order valence-corrected chi connectivity index (χ4v) is 5.50. The molecule has 0 atom stereocenters. The second-order valence-electron chi connectivity index (χ2n) is 9.37. The fraction of sp³-hybridized carbons (Fsp3) is 0.0909. The molecule has 0 aliphatic carbocycles. The second kappa shape index (κ2) is 13.3. The highest BCUT2D eigenvalue weighted by atomic mass is 35.5. The summed E-state index contributed by atoms with van der Waals surface area (Å²) < 4.78 is 12.1. The molecule has 43 heavy (non-hydrogen) atoms. The van der Waals surface area contributed by atoms with Gasteiger partial charge in [-0.1, -0.05) is 47.5 Å². The first-order chi connectivity index (χ1) is 20.8. The Morgan fingerprint density at radius 2 is 1.60 bits per heavy atom. The van der Waals surface area contributed by atoms with Crippen LogP contribution in [0, 0.1) is 6.92 Å². The maximum absolute atomic E-state index is 12.8. The Bertz CT molecular complexity index is 1830. The molecule has 216 valence electrons. The van der Waals surface area contributed by atoms with E-state index >= 15 is 0 Å². The van der Waals surface area contributed by atoms with Gasteiger partial charge in [-0.3, -0.25) is 9.59 Å². The molecule has 0 unspecified atom stereocenters. The Labute approximate surface area is 256 Å². The largest absolute Gasteiger partial charge is 0.490 e. The zero-order valence-electron chi connectivity index (χ0n) is 23.2. The fourth-order valence-electron chi connectivity index (χ4n) is 4.09. The maximum Gasteiger partial charge on any atom is 0.343 e. The Morgan fingerprint density at radius 3 is 2.33 bits per heavy atom. The molecule has 0 spiro atoms. The van der Waals surface area contributed by atoms with Crippen LogP contribution in [0.2, 0.25) is 5.02 Å². The number of hydrazone groups is 1. The molecule has 0 aliphatic rings. The number of aryl methyl sites for hydroxylation is 1. The third kappa shape index (κ3) is 7.09. The highest BCUT2D eigenvalue weighted by Crippen LogP contribution is 2.35. The van der Waals surface area contributed by atoms with Gasteiger partial charge in [0.05, 0.1) is 23.4 Å². The predicted octanol–water partition coefficient (Wildman–Crippen LogP) is 7.50. The number of rotatable bonds is 9. The van der Waals surface area contributed by atoms with Gasteiger partial charge in [-0.25, -0.2) is 10.2 Å². The molecule has 0 saturated heterocycles. The van der Waals surface area contributed by atoms with E-state index in [1.54, 1.807) is 54.6 Å². The lowest BCUT2D eigenvalue weighted by Gasteiger charge is -2.11. The zero-order valence-corrected chi connectivity index (χ0v) is 24.8. The lowest BCUT2D eigenvalue weighted by molar-refractivity contribution is 0.0728. The summed E-state index contributed by atoms with van der Waals surface area (Å²) in [6.45, 7) is 4.12. The minimum Gasteiger partial charge on any atom is -0.490 e. The summed E-state index contributed by atoms with van der Waals surface area (Å²) >= 11 is 7.73.